The number of amides is 1. The third-order valence-corrected chi connectivity index (χ3v) is 4.86. The summed E-state index contributed by atoms with van der Waals surface area (Å²) in [4.78, 5) is 15.9. The molecule has 160 valence electrons. The first kappa shape index (κ1) is 20.9. The minimum Gasteiger partial charge on any atom is -0.454 e. The lowest BCUT2D eigenvalue weighted by molar-refractivity contribution is -0.127. The van der Waals surface area contributed by atoms with Gasteiger partial charge in [0.15, 0.2) is 17.5 Å². The van der Waals surface area contributed by atoms with Crippen LogP contribution in [0.1, 0.15) is 31.2 Å². The summed E-state index contributed by atoms with van der Waals surface area (Å²) in [5.74, 6) is 1.70. The van der Waals surface area contributed by atoms with E-state index < -0.39 is 6.61 Å². The van der Waals surface area contributed by atoms with Crippen LogP contribution in [0.3, 0.4) is 0 Å². The molecule has 0 radical (unpaired) electrons. The zero-order valence-electron chi connectivity index (χ0n) is 16.3. The molecule has 2 aliphatic rings. The van der Waals surface area contributed by atoms with E-state index >= 15 is 0 Å². The highest BCUT2D eigenvalue weighted by Gasteiger charge is 2.24. The molecule has 1 aromatic rings. The maximum atomic E-state index is 12.7. The average molecular weight is 412 g/mol. The Morgan fingerprint density at radius 2 is 1.93 bits per heavy atom. The van der Waals surface area contributed by atoms with Crippen LogP contribution in [0.5, 0.6) is 17.2 Å². The van der Waals surface area contributed by atoms with E-state index in [0.717, 1.165) is 25.7 Å². The van der Waals surface area contributed by atoms with Crippen LogP contribution in [0.2, 0.25) is 0 Å². The topological polar surface area (TPSA) is 93.2 Å². The van der Waals surface area contributed by atoms with Crippen molar-refractivity contribution in [1.29, 1.82) is 0 Å². The number of guanidine groups is 1. The number of hydrogen-bond acceptors (Lipinski definition) is 5. The number of rotatable bonds is 9. The minimum atomic E-state index is -2.94. The van der Waals surface area contributed by atoms with Crippen molar-refractivity contribution in [3.05, 3.63) is 17.7 Å². The van der Waals surface area contributed by atoms with Crippen LogP contribution in [0.15, 0.2) is 17.1 Å². The average Bonchev–Trinajstić information content (AvgIpc) is 3.09. The van der Waals surface area contributed by atoms with Gasteiger partial charge in [0, 0.05) is 44.2 Å². The maximum absolute atomic E-state index is 12.7. The number of alkyl halides is 2. The molecule has 3 N–H and O–H groups in total. The molecule has 0 aromatic heterocycles. The zero-order valence-corrected chi connectivity index (χ0v) is 16.3. The van der Waals surface area contributed by atoms with Gasteiger partial charge >= 0.3 is 6.61 Å². The minimum absolute atomic E-state index is 0.0194. The maximum Gasteiger partial charge on any atom is 0.387 e. The summed E-state index contributed by atoms with van der Waals surface area (Å²) in [5.41, 5.74) is 0.491. The van der Waals surface area contributed by atoms with Gasteiger partial charge < -0.3 is 30.2 Å². The molecule has 1 fully saturated rings. The first-order chi connectivity index (χ1) is 14.1. The molecule has 1 amide bonds. The van der Waals surface area contributed by atoms with Gasteiger partial charge in [-0.05, 0) is 25.3 Å². The first-order valence-corrected chi connectivity index (χ1v) is 9.66. The van der Waals surface area contributed by atoms with E-state index in [2.05, 4.69) is 25.7 Å². The summed E-state index contributed by atoms with van der Waals surface area (Å²) in [7, 11) is 1.61. The predicted octanol–water partition coefficient (Wildman–Crippen LogP) is 1.99. The van der Waals surface area contributed by atoms with E-state index in [0.29, 0.717) is 36.1 Å². The largest absolute Gasteiger partial charge is 0.454 e. The Balaban J connectivity index is 1.44. The van der Waals surface area contributed by atoms with Crippen molar-refractivity contribution in [2.24, 2.45) is 10.9 Å². The number of carbonyl (C=O) groups excluding carboxylic acids is 1. The monoisotopic (exact) mass is 412 g/mol. The normalized spacial score (nSPS) is 15.8. The smallest absolute Gasteiger partial charge is 0.387 e. The van der Waals surface area contributed by atoms with Crippen molar-refractivity contribution in [2.45, 2.75) is 38.8 Å². The molecular weight excluding hydrogens is 386 g/mol. The number of nitrogens with zero attached hydrogens (tertiary/aromatic N) is 1. The Morgan fingerprint density at radius 3 is 2.59 bits per heavy atom. The van der Waals surface area contributed by atoms with Crippen LogP contribution in [0.25, 0.3) is 0 Å². The number of benzene rings is 1. The van der Waals surface area contributed by atoms with Crippen molar-refractivity contribution in [2.75, 3.05) is 26.9 Å². The Bertz CT molecular complexity index is 741. The van der Waals surface area contributed by atoms with Gasteiger partial charge in [-0.25, -0.2) is 0 Å². The highest BCUT2D eigenvalue weighted by atomic mass is 19.3. The van der Waals surface area contributed by atoms with E-state index in [1.807, 2.05) is 0 Å². The highest BCUT2D eigenvalue weighted by Crippen LogP contribution is 2.38. The van der Waals surface area contributed by atoms with E-state index in [9.17, 15) is 13.6 Å². The molecule has 0 spiro atoms. The number of carbonyl (C=O) groups is 1. The van der Waals surface area contributed by atoms with Crippen molar-refractivity contribution in [1.82, 2.24) is 16.0 Å². The summed E-state index contributed by atoms with van der Waals surface area (Å²) in [6.45, 7) is -1.50. The second-order valence-corrected chi connectivity index (χ2v) is 6.82. The van der Waals surface area contributed by atoms with Gasteiger partial charge in [0.2, 0.25) is 12.7 Å². The number of fused-ring (bicyclic) bond motifs is 1. The molecule has 0 unspecified atom stereocenters. The highest BCUT2D eigenvalue weighted by molar-refractivity contribution is 5.80. The molecule has 29 heavy (non-hydrogen) atoms. The first-order valence-electron chi connectivity index (χ1n) is 9.66. The molecule has 3 rings (SSSR count). The van der Waals surface area contributed by atoms with Crippen molar-refractivity contribution in [3.63, 3.8) is 0 Å². The second kappa shape index (κ2) is 10.1. The standard InChI is InChI=1S/C19H26F2N4O4/c1-22-19(24-7-3-6-23-17(26)12-4-2-5-12)25-10-13-8-15-16(28-11-27-15)9-14(13)29-18(20)21/h8-9,12,18H,2-7,10-11H2,1H3,(H,23,26)(H2,22,24,25). The van der Waals surface area contributed by atoms with Crippen LogP contribution in [-0.2, 0) is 11.3 Å². The molecule has 8 nitrogen and oxygen atoms in total. The van der Waals surface area contributed by atoms with Crippen LogP contribution in [0, 0.1) is 5.92 Å². The molecule has 0 atom stereocenters. The lowest BCUT2D eigenvalue weighted by atomic mass is 9.85. The third kappa shape index (κ3) is 5.85. The SMILES string of the molecule is CN=C(NCCCNC(=O)C1CCC1)NCc1cc2c(cc1OC(F)F)OCO2. The zero-order chi connectivity index (χ0) is 20.6. The van der Waals surface area contributed by atoms with Crippen molar-refractivity contribution >= 4 is 11.9 Å². The Hall–Kier alpha value is -2.78. The lowest BCUT2D eigenvalue weighted by Crippen LogP contribution is -2.39. The molecule has 1 aliphatic heterocycles. The summed E-state index contributed by atoms with van der Waals surface area (Å²) in [5, 5.41) is 9.11. The molecule has 0 bridgehead atoms. The number of aliphatic imine (C=N–C) groups is 1. The van der Waals surface area contributed by atoms with Crippen LogP contribution >= 0.6 is 0 Å². The fourth-order valence-electron chi connectivity index (χ4n) is 3.03. The van der Waals surface area contributed by atoms with Gasteiger partial charge in [-0.3, -0.25) is 9.79 Å². The Labute approximate surface area is 168 Å². The van der Waals surface area contributed by atoms with Crippen LogP contribution < -0.4 is 30.2 Å². The fraction of sp³-hybridized carbons (Fsp3) is 0.579. The lowest BCUT2D eigenvalue weighted by Gasteiger charge is -2.24. The van der Waals surface area contributed by atoms with Gasteiger partial charge in [-0.1, -0.05) is 6.42 Å². The quantitative estimate of drug-likeness (QED) is 0.326. The third-order valence-electron chi connectivity index (χ3n) is 4.86. The summed E-state index contributed by atoms with van der Waals surface area (Å²) >= 11 is 0. The Morgan fingerprint density at radius 1 is 1.21 bits per heavy atom. The summed E-state index contributed by atoms with van der Waals surface area (Å²) in [6, 6.07) is 3.00. The van der Waals surface area contributed by atoms with E-state index in [-0.39, 0.29) is 30.9 Å². The van der Waals surface area contributed by atoms with E-state index in [1.54, 1.807) is 13.1 Å². The Kier molecular flexibility index (Phi) is 7.31. The number of nitrogens with one attached hydrogen (secondary N) is 3. The van der Waals surface area contributed by atoms with Gasteiger partial charge in [0.05, 0.1) is 0 Å². The van der Waals surface area contributed by atoms with Gasteiger partial charge in [-0.2, -0.15) is 8.78 Å². The van der Waals surface area contributed by atoms with Crippen LogP contribution in [0.4, 0.5) is 8.78 Å². The van der Waals surface area contributed by atoms with Crippen LogP contribution in [-0.4, -0.2) is 45.4 Å². The number of hydrogen-bond donors (Lipinski definition) is 3. The summed E-state index contributed by atoms with van der Waals surface area (Å²) in [6.07, 6.45) is 3.84. The number of ether oxygens (including phenoxy) is 3. The molecule has 1 aliphatic carbocycles. The molecule has 1 heterocycles. The molecule has 1 saturated carbocycles. The van der Waals surface area contributed by atoms with E-state index in [1.165, 1.54) is 6.07 Å². The van der Waals surface area contributed by atoms with Gasteiger partial charge in [-0.15, -0.1) is 0 Å². The molecule has 1 aromatic carbocycles. The van der Waals surface area contributed by atoms with E-state index in [4.69, 9.17) is 9.47 Å². The second-order valence-electron chi connectivity index (χ2n) is 6.82. The molecular formula is C19H26F2N4O4. The number of halogens is 2. The van der Waals surface area contributed by atoms with Gasteiger partial charge in [0.1, 0.15) is 5.75 Å². The fourth-order valence-corrected chi connectivity index (χ4v) is 3.03. The van der Waals surface area contributed by atoms with Crippen molar-refractivity contribution < 1.29 is 27.8 Å². The van der Waals surface area contributed by atoms with Crippen molar-refractivity contribution in [3.8, 4) is 17.2 Å². The summed E-state index contributed by atoms with van der Waals surface area (Å²) < 4.78 is 40.5. The molecule has 0 saturated heterocycles. The predicted molar refractivity (Wildman–Crippen MR) is 102 cm³/mol. The van der Waals surface area contributed by atoms with Gasteiger partial charge in [0.25, 0.3) is 0 Å². The molecule has 10 heteroatoms.